The van der Waals surface area contributed by atoms with Gasteiger partial charge in [0.15, 0.2) is 0 Å². The highest BCUT2D eigenvalue weighted by Crippen LogP contribution is 2.40. The molecule has 0 bridgehead atoms. The van der Waals surface area contributed by atoms with E-state index in [9.17, 15) is 4.79 Å². The zero-order chi connectivity index (χ0) is 17.4. The zero-order valence-corrected chi connectivity index (χ0v) is 15.2. The van der Waals surface area contributed by atoms with Gasteiger partial charge in [0.25, 0.3) is 0 Å². The minimum absolute atomic E-state index is 0.0731. The van der Waals surface area contributed by atoms with E-state index in [2.05, 4.69) is 46.9 Å². The molecule has 0 unspecified atom stereocenters. The Kier molecular flexibility index (Phi) is 4.32. The molecule has 1 aromatic carbocycles. The molecule has 2 N–H and O–H groups in total. The van der Waals surface area contributed by atoms with Gasteiger partial charge in [0.2, 0.25) is 5.91 Å². The number of carbonyl (C=O) groups excluding carboxylic acids is 1. The number of piperidine rings is 1. The van der Waals surface area contributed by atoms with Crippen molar-refractivity contribution in [1.82, 2.24) is 9.47 Å². The lowest BCUT2D eigenvalue weighted by Gasteiger charge is -2.48. The summed E-state index contributed by atoms with van der Waals surface area (Å²) in [5.41, 5.74) is 8.95. The van der Waals surface area contributed by atoms with Crippen LogP contribution in [0.5, 0.6) is 0 Å². The summed E-state index contributed by atoms with van der Waals surface area (Å²) >= 11 is 0. The van der Waals surface area contributed by atoms with Gasteiger partial charge in [0.1, 0.15) is 0 Å². The van der Waals surface area contributed by atoms with E-state index in [0.717, 1.165) is 38.0 Å². The average molecular weight is 339 g/mol. The van der Waals surface area contributed by atoms with Crippen molar-refractivity contribution in [1.29, 1.82) is 0 Å². The van der Waals surface area contributed by atoms with Crippen LogP contribution in [0.3, 0.4) is 0 Å². The second kappa shape index (κ2) is 6.49. The van der Waals surface area contributed by atoms with Crippen LogP contribution in [0.15, 0.2) is 30.5 Å². The molecule has 1 aliphatic carbocycles. The fourth-order valence-corrected chi connectivity index (χ4v) is 4.70. The molecule has 0 atom stereocenters. The largest absolute Gasteiger partial charge is 0.347 e. The fraction of sp³-hybridized carbons (Fsp3) is 0.571. The number of fused-ring (bicyclic) bond motifs is 1. The zero-order valence-electron chi connectivity index (χ0n) is 15.2. The highest BCUT2D eigenvalue weighted by Gasteiger charge is 2.41. The van der Waals surface area contributed by atoms with Gasteiger partial charge in [-0.15, -0.1) is 0 Å². The maximum Gasteiger partial charge on any atom is 0.227 e. The van der Waals surface area contributed by atoms with E-state index in [1.807, 2.05) is 0 Å². The van der Waals surface area contributed by atoms with Crippen LogP contribution >= 0.6 is 0 Å². The van der Waals surface area contributed by atoms with E-state index in [4.69, 9.17) is 5.73 Å². The van der Waals surface area contributed by atoms with Crippen molar-refractivity contribution in [2.75, 3.05) is 13.1 Å². The highest BCUT2D eigenvalue weighted by atomic mass is 16.2. The van der Waals surface area contributed by atoms with Gasteiger partial charge in [-0.25, -0.2) is 0 Å². The molecule has 4 nitrogen and oxygen atoms in total. The van der Waals surface area contributed by atoms with Gasteiger partial charge in [-0.05, 0) is 56.6 Å². The summed E-state index contributed by atoms with van der Waals surface area (Å²) < 4.78 is 2.24. The quantitative estimate of drug-likeness (QED) is 0.929. The number of carbonyl (C=O) groups is 1. The Morgan fingerprint density at radius 2 is 1.96 bits per heavy atom. The van der Waals surface area contributed by atoms with E-state index in [-0.39, 0.29) is 11.4 Å². The fourth-order valence-electron chi connectivity index (χ4n) is 4.70. The summed E-state index contributed by atoms with van der Waals surface area (Å²) in [6, 6.07) is 8.39. The lowest BCUT2D eigenvalue weighted by atomic mass is 9.66. The molecule has 4 rings (SSSR count). The van der Waals surface area contributed by atoms with Gasteiger partial charge in [0, 0.05) is 42.3 Å². The summed E-state index contributed by atoms with van der Waals surface area (Å²) in [5.74, 6) is 0.865. The molecule has 2 heterocycles. The van der Waals surface area contributed by atoms with Crippen molar-refractivity contribution < 1.29 is 4.79 Å². The second-order valence-electron chi connectivity index (χ2n) is 7.88. The highest BCUT2D eigenvalue weighted by molar-refractivity contribution is 5.89. The minimum atomic E-state index is 0.0731. The van der Waals surface area contributed by atoms with Gasteiger partial charge in [-0.1, -0.05) is 18.2 Å². The van der Waals surface area contributed by atoms with Crippen molar-refractivity contribution in [2.24, 2.45) is 11.7 Å². The summed E-state index contributed by atoms with van der Waals surface area (Å²) in [7, 11) is 0. The van der Waals surface area contributed by atoms with E-state index in [1.54, 1.807) is 0 Å². The normalized spacial score (nSPS) is 20.6. The average Bonchev–Trinajstić information content (AvgIpc) is 2.98. The van der Waals surface area contributed by atoms with Crippen molar-refractivity contribution in [3.05, 3.63) is 36.0 Å². The first-order chi connectivity index (χ1) is 12.1. The molecule has 1 aliphatic heterocycles. The molecular formula is C21H29N3O. The van der Waals surface area contributed by atoms with Crippen LogP contribution in [0, 0.1) is 5.92 Å². The van der Waals surface area contributed by atoms with Gasteiger partial charge in [-0.3, -0.25) is 4.79 Å². The van der Waals surface area contributed by atoms with E-state index >= 15 is 0 Å². The number of benzene rings is 1. The topological polar surface area (TPSA) is 51.3 Å². The molecule has 4 heteroatoms. The van der Waals surface area contributed by atoms with Crippen molar-refractivity contribution >= 4 is 16.8 Å². The van der Waals surface area contributed by atoms with Crippen LogP contribution in [0.25, 0.3) is 10.9 Å². The molecule has 2 fully saturated rings. The monoisotopic (exact) mass is 339 g/mol. The summed E-state index contributed by atoms with van der Waals surface area (Å²) in [6.45, 7) is 4.81. The van der Waals surface area contributed by atoms with Crippen molar-refractivity contribution in [2.45, 2.75) is 57.5 Å². The number of aromatic nitrogens is 1. The molecule has 1 saturated heterocycles. The Bertz CT molecular complexity index is 767. The number of hydrogen-bond donors (Lipinski definition) is 1. The predicted octanol–water partition coefficient (Wildman–Crippen LogP) is 3.32. The van der Waals surface area contributed by atoms with Crippen molar-refractivity contribution in [3.8, 4) is 0 Å². The molecule has 2 aromatic rings. The third kappa shape index (κ3) is 2.97. The molecule has 2 aliphatic rings. The Labute approximate surface area is 150 Å². The van der Waals surface area contributed by atoms with Crippen LogP contribution < -0.4 is 5.73 Å². The maximum absolute atomic E-state index is 12.8. The second-order valence-corrected chi connectivity index (χ2v) is 7.88. The molecule has 25 heavy (non-hydrogen) atoms. The van der Waals surface area contributed by atoms with Crippen LogP contribution in [0.2, 0.25) is 0 Å². The number of aryl methyl sites for hydroxylation is 1. The number of amides is 1. The van der Waals surface area contributed by atoms with E-state index in [1.165, 1.54) is 30.2 Å². The van der Waals surface area contributed by atoms with Crippen LogP contribution in [-0.2, 0) is 17.8 Å². The maximum atomic E-state index is 12.8. The van der Waals surface area contributed by atoms with Gasteiger partial charge < -0.3 is 15.2 Å². The number of rotatable bonds is 4. The first-order valence-electron chi connectivity index (χ1n) is 9.74. The third-order valence-electron chi connectivity index (χ3n) is 6.50. The number of nitrogens with zero attached hydrogens (tertiary/aromatic N) is 2. The van der Waals surface area contributed by atoms with Crippen LogP contribution in [0.4, 0.5) is 0 Å². The molecular weight excluding hydrogens is 310 g/mol. The first-order valence-corrected chi connectivity index (χ1v) is 9.74. The van der Waals surface area contributed by atoms with Gasteiger partial charge in [0.05, 0.1) is 6.42 Å². The summed E-state index contributed by atoms with van der Waals surface area (Å²) in [6.07, 6.45) is 8.41. The third-order valence-corrected chi connectivity index (χ3v) is 6.50. The SMILES string of the molecule is CCn1cc(CC(=O)N2CCC(C3(N)CCC3)CC2)c2ccccc21. The first kappa shape index (κ1) is 16.6. The lowest BCUT2D eigenvalue weighted by molar-refractivity contribution is -0.132. The Morgan fingerprint density at radius 1 is 1.24 bits per heavy atom. The number of likely N-dealkylation sites (tertiary alicyclic amines) is 1. The summed E-state index contributed by atoms with van der Waals surface area (Å²) in [5, 5.41) is 1.21. The minimum Gasteiger partial charge on any atom is -0.347 e. The van der Waals surface area contributed by atoms with Gasteiger partial charge >= 0.3 is 0 Å². The van der Waals surface area contributed by atoms with Gasteiger partial charge in [-0.2, -0.15) is 0 Å². The standard InChI is InChI=1S/C21H29N3O/c1-2-23-15-16(18-6-3-4-7-19(18)23)14-20(25)24-12-8-17(9-13-24)21(22)10-5-11-21/h3-4,6-7,15,17H,2,5,8-14,22H2,1H3. The molecule has 1 aromatic heterocycles. The molecule has 134 valence electrons. The van der Waals surface area contributed by atoms with E-state index in [0.29, 0.717) is 12.3 Å². The molecule has 1 amide bonds. The number of hydrogen-bond acceptors (Lipinski definition) is 2. The predicted molar refractivity (Wildman–Crippen MR) is 101 cm³/mol. The molecule has 1 saturated carbocycles. The smallest absolute Gasteiger partial charge is 0.227 e. The Hall–Kier alpha value is -1.81. The Balaban J connectivity index is 1.43. The van der Waals surface area contributed by atoms with Crippen molar-refractivity contribution in [3.63, 3.8) is 0 Å². The summed E-state index contributed by atoms with van der Waals surface area (Å²) in [4.78, 5) is 14.9. The molecule has 0 spiro atoms. The number of para-hydroxylation sites is 1. The van der Waals surface area contributed by atoms with E-state index < -0.39 is 0 Å². The van der Waals surface area contributed by atoms with Crippen LogP contribution in [0.1, 0.15) is 44.6 Å². The number of nitrogens with two attached hydrogens (primary N) is 1. The lowest BCUT2D eigenvalue weighted by Crippen LogP contribution is -2.56. The Morgan fingerprint density at radius 3 is 2.60 bits per heavy atom. The van der Waals surface area contributed by atoms with Crippen LogP contribution in [-0.4, -0.2) is 34.0 Å². The molecule has 0 radical (unpaired) electrons.